The molecular formula is C28H28Cl2N2O4. The molecule has 0 saturated carbocycles. The van der Waals surface area contributed by atoms with E-state index >= 15 is 0 Å². The number of rotatable bonds is 10. The van der Waals surface area contributed by atoms with E-state index in [2.05, 4.69) is 11.4 Å². The fraction of sp³-hybridized carbons (Fsp3) is 0.286. The molecule has 0 saturated heterocycles. The van der Waals surface area contributed by atoms with Gasteiger partial charge in [-0.15, -0.1) is 0 Å². The van der Waals surface area contributed by atoms with E-state index in [0.29, 0.717) is 63.9 Å². The summed E-state index contributed by atoms with van der Waals surface area (Å²) in [6.45, 7) is 8.66. The van der Waals surface area contributed by atoms with Crippen LogP contribution in [0.3, 0.4) is 0 Å². The van der Waals surface area contributed by atoms with Gasteiger partial charge in [-0.3, -0.25) is 4.79 Å². The molecule has 0 aromatic heterocycles. The Morgan fingerprint density at radius 2 is 1.53 bits per heavy atom. The monoisotopic (exact) mass is 526 g/mol. The van der Waals surface area contributed by atoms with Crippen LogP contribution in [0.15, 0.2) is 48.5 Å². The van der Waals surface area contributed by atoms with Gasteiger partial charge in [0.05, 0.1) is 31.8 Å². The first-order valence-electron chi connectivity index (χ1n) is 11.7. The number of carbonyl (C=O) groups is 1. The van der Waals surface area contributed by atoms with Crippen LogP contribution >= 0.6 is 23.2 Å². The van der Waals surface area contributed by atoms with Gasteiger partial charge in [0.2, 0.25) is 5.75 Å². The Labute approximate surface area is 221 Å². The highest BCUT2D eigenvalue weighted by Gasteiger charge is 2.21. The van der Waals surface area contributed by atoms with Gasteiger partial charge in [0.25, 0.3) is 5.91 Å². The van der Waals surface area contributed by atoms with Crippen LogP contribution in [0, 0.1) is 18.3 Å². The minimum atomic E-state index is -0.577. The van der Waals surface area contributed by atoms with E-state index in [-0.39, 0.29) is 5.91 Å². The van der Waals surface area contributed by atoms with Crippen LogP contribution in [0.2, 0.25) is 10.0 Å². The zero-order chi connectivity index (χ0) is 26.2. The second-order valence-electron chi connectivity index (χ2n) is 7.86. The van der Waals surface area contributed by atoms with E-state index in [1.165, 1.54) is 0 Å². The second kappa shape index (κ2) is 12.5. The Morgan fingerprint density at radius 1 is 0.944 bits per heavy atom. The number of nitriles is 1. The number of hydrogen-bond acceptors (Lipinski definition) is 5. The third-order valence-corrected chi connectivity index (χ3v) is 5.99. The molecule has 1 atom stereocenters. The van der Waals surface area contributed by atoms with E-state index in [1.807, 2.05) is 33.8 Å². The average molecular weight is 527 g/mol. The number of ether oxygens (including phenoxy) is 3. The van der Waals surface area contributed by atoms with E-state index in [1.54, 1.807) is 42.5 Å². The second-order valence-corrected chi connectivity index (χ2v) is 8.70. The molecule has 1 N–H and O–H groups in total. The Kier molecular flexibility index (Phi) is 9.46. The predicted octanol–water partition coefficient (Wildman–Crippen LogP) is 7.41. The topological polar surface area (TPSA) is 80.6 Å². The smallest absolute Gasteiger partial charge is 0.255 e. The van der Waals surface area contributed by atoms with Gasteiger partial charge < -0.3 is 19.5 Å². The number of halogens is 2. The number of benzene rings is 3. The summed E-state index contributed by atoms with van der Waals surface area (Å²) in [5.74, 6) is 0.389. The number of nitrogens with one attached hydrogen (secondary N) is 1. The summed E-state index contributed by atoms with van der Waals surface area (Å²) in [6, 6.07) is 16.1. The quantitative estimate of drug-likeness (QED) is 0.297. The van der Waals surface area contributed by atoms with E-state index in [0.717, 1.165) is 11.1 Å². The molecule has 0 radical (unpaired) electrons. The molecule has 3 aromatic rings. The van der Waals surface area contributed by atoms with Crippen LogP contribution in [-0.2, 0) is 0 Å². The fourth-order valence-corrected chi connectivity index (χ4v) is 4.15. The van der Waals surface area contributed by atoms with Crippen LogP contribution in [0.1, 0.15) is 53.7 Å². The Bertz CT molecular complexity index is 1240. The third kappa shape index (κ3) is 6.23. The van der Waals surface area contributed by atoms with Gasteiger partial charge in [-0.25, -0.2) is 0 Å². The molecule has 0 fully saturated rings. The molecule has 0 bridgehead atoms. The maximum absolute atomic E-state index is 13.2. The van der Waals surface area contributed by atoms with E-state index in [4.69, 9.17) is 37.4 Å². The lowest BCUT2D eigenvalue weighted by molar-refractivity contribution is 0.102. The molecule has 0 spiro atoms. The number of nitrogens with zero attached hydrogens (tertiary/aromatic N) is 1. The standard InChI is InChI=1S/C28H28Cl2N2O4/c1-5-34-25-13-19(14-26(35-6-2)27(25)36-7-3)28(33)32-24-15-23(30)21(12-17(24)4)22(16-31)18-8-10-20(29)11-9-18/h8-15,22H,5-7H2,1-4H3,(H,32,33). The van der Waals surface area contributed by atoms with Crippen LogP contribution in [-0.4, -0.2) is 25.7 Å². The maximum atomic E-state index is 13.2. The Morgan fingerprint density at radius 3 is 2.06 bits per heavy atom. The van der Waals surface area contributed by atoms with Gasteiger partial charge in [0.15, 0.2) is 11.5 Å². The SMILES string of the molecule is CCOc1cc(C(=O)Nc2cc(Cl)c(C(C#N)c3ccc(Cl)cc3)cc2C)cc(OCC)c1OCC. The van der Waals surface area contributed by atoms with Crippen LogP contribution in [0.5, 0.6) is 17.2 Å². The van der Waals surface area contributed by atoms with Crippen LogP contribution in [0.4, 0.5) is 5.69 Å². The summed E-state index contributed by atoms with van der Waals surface area (Å²) < 4.78 is 17.2. The number of amides is 1. The zero-order valence-corrected chi connectivity index (χ0v) is 22.2. The highest BCUT2D eigenvalue weighted by atomic mass is 35.5. The summed E-state index contributed by atoms with van der Waals surface area (Å²) >= 11 is 12.6. The fourth-order valence-electron chi connectivity index (χ4n) is 3.75. The lowest BCUT2D eigenvalue weighted by atomic mass is 9.91. The first-order chi connectivity index (χ1) is 17.3. The van der Waals surface area contributed by atoms with Crippen LogP contribution in [0.25, 0.3) is 0 Å². The summed E-state index contributed by atoms with van der Waals surface area (Å²) in [4.78, 5) is 13.2. The molecule has 8 heteroatoms. The number of carbonyl (C=O) groups excluding carboxylic acids is 1. The normalized spacial score (nSPS) is 11.4. The van der Waals surface area contributed by atoms with Gasteiger partial charge >= 0.3 is 0 Å². The van der Waals surface area contributed by atoms with Crippen molar-refractivity contribution in [3.63, 3.8) is 0 Å². The molecule has 36 heavy (non-hydrogen) atoms. The molecule has 1 amide bonds. The maximum Gasteiger partial charge on any atom is 0.255 e. The van der Waals surface area contributed by atoms with Crippen molar-refractivity contribution in [2.24, 2.45) is 0 Å². The third-order valence-electron chi connectivity index (χ3n) is 5.41. The number of anilines is 1. The Hall–Kier alpha value is -3.40. The summed E-state index contributed by atoms with van der Waals surface area (Å²) in [5.41, 5.74) is 3.07. The van der Waals surface area contributed by atoms with Gasteiger partial charge in [0.1, 0.15) is 0 Å². The zero-order valence-electron chi connectivity index (χ0n) is 20.7. The largest absolute Gasteiger partial charge is 0.490 e. The Balaban J connectivity index is 1.94. The van der Waals surface area contributed by atoms with Gasteiger partial charge in [-0.1, -0.05) is 41.4 Å². The first-order valence-corrected chi connectivity index (χ1v) is 12.4. The highest BCUT2D eigenvalue weighted by Crippen LogP contribution is 2.40. The van der Waals surface area contributed by atoms with Crippen molar-refractivity contribution in [3.8, 4) is 23.3 Å². The van der Waals surface area contributed by atoms with Gasteiger partial charge in [-0.2, -0.15) is 5.26 Å². The molecule has 0 aliphatic rings. The highest BCUT2D eigenvalue weighted by molar-refractivity contribution is 6.32. The molecular weight excluding hydrogens is 499 g/mol. The lowest BCUT2D eigenvalue weighted by Crippen LogP contribution is -2.14. The predicted molar refractivity (Wildman–Crippen MR) is 143 cm³/mol. The molecule has 6 nitrogen and oxygen atoms in total. The molecule has 0 aliphatic carbocycles. The summed E-state index contributed by atoms with van der Waals surface area (Å²) in [6.07, 6.45) is 0. The van der Waals surface area contributed by atoms with Crippen molar-refractivity contribution in [3.05, 3.63) is 80.8 Å². The van der Waals surface area contributed by atoms with Crippen molar-refractivity contribution < 1.29 is 19.0 Å². The van der Waals surface area contributed by atoms with E-state index in [9.17, 15) is 10.1 Å². The summed E-state index contributed by atoms with van der Waals surface area (Å²) in [5, 5.41) is 13.7. The van der Waals surface area contributed by atoms with Crippen molar-refractivity contribution in [1.29, 1.82) is 5.26 Å². The lowest BCUT2D eigenvalue weighted by Gasteiger charge is -2.18. The average Bonchev–Trinajstić information content (AvgIpc) is 2.85. The van der Waals surface area contributed by atoms with Crippen molar-refractivity contribution in [1.82, 2.24) is 0 Å². The minimum Gasteiger partial charge on any atom is -0.490 e. The molecule has 3 rings (SSSR count). The minimum absolute atomic E-state index is 0.348. The molecule has 3 aromatic carbocycles. The van der Waals surface area contributed by atoms with Gasteiger partial charge in [-0.05, 0) is 74.7 Å². The molecule has 188 valence electrons. The van der Waals surface area contributed by atoms with Gasteiger partial charge in [0, 0.05) is 21.3 Å². The number of hydrogen-bond donors (Lipinski definition) is 1. The first kappa shape index (κ1) is 27.2. The van der Waals surface area contributed by atoms with Crippen molar-refractivity contribution in [2.75, 3.05) is 25.1 Å². The molecule has 0 aliphatic heterocycles. The van der Waals surface area contributed by atoms with Crippen LogP contribution < -0.4 is 19.5 Å². The van der Waals surface area contributed by atoms with Crippen molar-refractivity contribution >= 4 is 34.8 Å². The van der Waals surface area contributed by atoms with E-state index < -0.39 is 5.92 Å². The van der Waals surface area contributed by atoms with Crippen molar-refractivity contribution in [2.45, 2.75) is 33.6 Å². The molecule has 0 heterocycles. The molecule has 1 unspecified atom stereocenters. The number of aryl methyl sites for hydroxylation is 1. The summed E-state index contributed by atoms with van der Waals surface area (Å²) in [7, 11) is 0.